The highest BCUT2D eigenvalue weighted by Gasteiger charge is 2.20. The normalized spacial score (nSPS) is 17.2. The van der Waals surface area contributed by atoms with Crippen LogP contribution in [0.3, 0.4) is 0 Å². The number of hydrogen-bond acceptors (Lipinski definition) is 6. The zero-order valence-corrected chi connectivity index (χ0v) is 11.1. The lowest BCUT2D eigenvalue weighted by atomic mass is 10.1. The number of amidine groups is 1. The molecule has 7 N–H and O–H groups in total. The van der Waals surface area contributed by atoms with Gasteiger partial charge in [-0.2, -0.15) is 0 Å². The molecule has 0 spiro atoms. The molecular weight excluding hydrogens is 216 g/mol. The van der Waals surface area contributed by atoms with Crippen LogP contribution >= 0.6 is 0 Å². The van der Waals surface area contributed by atoms with E-state index >= 15 is 0 Å². The van der Waals surface area contributed by atoms with Crippen molar-refractivity contribution in [1.29, 1.82) is 0 Å². The van der Waals surface area contributed by atoms with Gasteiger partial charge in [0.1, 0.15) is 5.84 Å². The number of nitrogens with one attached hydrogen (secondary N) is 1. The zero-order valence-electron chi connectivity index (χ0n) is 11.1. The Morgan fingerprint density at radius 1 is 1.59 bits per heavy atom. The molecule has 1 atom stereocenters. The van der Waals surface area contributed by atoms with Gasteiger partial charge in [0, 0.05) is 25.3 Å². The van der Waals surface area contributed by atoms with Crippen LogP contribution < -0.4 is 22.5 Å². The predicted octanol–water partition coefficient (Wildman–Crippen LogP) is -0.911. The van der Waals surface area contributed by atoms with Gasteiger partial charge in [-0.25, -0.2) is 0 Å². The van der Waals surface area contributed by atoms with Gasteiger partial charge in [0.25, 0.3) is 0 Å². The number of rotatable bonds is 4. The van der Waals surface area contributed by atoms with Gasteiger partial charge in [-0.05, 0) is 20.8 Å². The molecule has 0 aromatic heterocycles. The van der Waals surface area contributed by atoms with Crippen LogP contribution in [0, 0.1) is 0 Å². The Hall–Kier alpha value is -0.980. The van der Waals surface area contributed by atoms with E-state index in [-0.39, 0.29) is 11.6 Å². The number of aliphatic imine (C=N–C) groups is 2. The summed E-state index contributed by atoms with van der Waals surface area (Å²) in [4.78, 5) is 8.10. The van der Waals surface area contributed by atoms with E-state index in [2.05, 4.69) is 15.3 Å². The minimum absolute atomic E-state index is 0.0570. The van der Waals surface area contributed by atoms with Crippen LogP contribution in [0.4, 0.5) is 0 Å². The largest absolute Gasteiger partial charge is 0.370 e. The third kappa shape index (κ3) is 8.79. The SMILES string of the molecule is CC(C)(N)C1=NCCN1.CC(N)C=NCCN. The average Bonchev–Trinajstić information content (AvgIpc) is 2.70. The van der Waals surface area contributed by atoms with E-state index in [0.717, 1.165) is 18.9 Å². The molecule has 0 fully saturated rings. The lowest BCUT2D eigenvalue weighted by Crippen LogP contribution is -2.47. The van der Waals surface area contributed by atoms with Crippen molar-refractivity contribution in [2.45, 2.75) is 32.4 Å². The van der Waals surface area contributed by atoms with Crippen molar-refractivity contribution < 1.29 is 0 Å². The summed E-state index contributed by atoms with van der Waals surface area (Å²) >= 11 is 0. The summed E-state index contributed by atoms with van der Waals surface area (Å²) < 4.78 is 0. The second-order valence-electron chi connectivity index (χ2n) is 4.58. The van der Waals surface area contributed by atoms with E-state index in [1.54, 1.807) is 6.21 Å². The summed E-state index contributed by atoms with van der Waals surface area (Å²) in [7, 11) is 0. The van der Waals surface area contributed by atoms with Crippen LogP contribution in [0.15, 0.2) is 9.98 Å². The molecule has 0 radical (unpaired) electrons. The first-order chi connectivity index (χ1) is 7.88. The van der Waals surface area contributed by atoms with Crippen molar-refractivity contribution in [3.8, 4) is 0 Å². The fourth-order valence-corrected chi connectivity index (χ4v) is 1.14. The molecule has 0 aromatic rings. The van der Waals surface area contributed by atoms with Crippen molar-refractivity contribution in [2.24, 2.45) is 27.2 Å². The molecule has 6 heteroatoms. The molecule has 17 heavy (non-hydrogen) atoms. The molecule has 1 heterocycles. The summed E-state index contributed by atoms with van der Waals surface area (Å²) in [5, 5.41) is 3.12. The quantitative estimate of drug-likeness (QED) is 0.478. The van der Waals surface area contributed by atoms with Crippen LogP contribution in [-0.4, -0.2) is 49.8 Å². The van der Waals surface area contributed by atoms with Crippen LogP contribution in [0.5, 0.6) is 0 Å². The van der Waals surface area contributed by atoms with Crippen LogP contribution in [0.25, 0.3) is 0 Å². The molecule has 100 valence electrons. The second kappa shape index (κ2) is 8.16. The van der Waals surface area contributed by atoms with Gasteiger partial charge in [0.05, 0.1) is 18.6 Å². The first-order valence-corrected chi connectivity index (χ1v) is 5.91. The monoisotopic (exact) mass is 242 g/mol. The fraction of sp³-hybridized carbons (Fsp3) is 0.818. The highest BCUT2D eigenvalue weighted by atomic mass is 15.1. The Labute approximate surface area is 104 Å². The number of nitrogens with zero attached hydrogens (tertiary/aromatic N) is 2. The highest BCUT2D eigenvalue weighted by molar-refractivity contribution is 5.91. The summed E-state index contributed by atoms with van der Waals surface area (Å²) in [6.07, 6.45) is 1.70. The van der Waals surface area contributed by atoms with Gasteiger partial charge in [0.15, 0.2) is 0 Å². The van der Waals surface area contributed by atoms with Crippen molar-refractivity contribution in [2.75, 3.05) is 26.2 Å². The van der Waals surface area contributed by atoms with E-state index in [9.17, 15) is 0 Å². The molecule has 0 amide bonds. The second-order valence-corrected chi connectivity index (χ2v) is 4.58. The van der Waals surface area contributed by atoms with Gasteiger partial charge < -0.3 is 22.5 Å². The molecule has 0 aliphatic carbocycles. The average molecular weight is 242 g/mol. The van der Waals surface area contributed by atoms with E-state index in [0.29, 0.717) is 13.1 Å². The Morgan fingerprint density at radius 2 is 2.24 bits per heavy atom. The Balaban J connectivity index is 0.000000304. The standard InChI is InChI=1S/C6H13N3.C5H13N3/c1-6(2,7)5-8-3-4-9-5;1-5(7)4-8-3-2-6/h3-4,7H2,1-2H3,(H,8,9);4-5H,2-3,6-7H2,1H3. The lowest BCUT2D eigenvalue weighted by Gasteiger charge is -2.18. The van der Waals surface area contributed by atoms with Crippen LogP contribution in [0.2, 0.25) is 0 Å². The minimum atomic E-state index is -0.281. The molecular formula is C11H26N6. The number of hydrogen-bond donors (Lipinski definition) is 4. The van der Waals surface area contributed by atoms with Crippen molar-refractivity contribution in [3.05, 3.63) is 0 Å². The van der Waals surface area contributed by atoms with Crippen molar-refractivity contribution in [1.82, 2.24) is 5.32 Å². The van der Waals surface area contributed by atoms with Crippen LogP contribution in [-0.2, 0) is 0 Å². The van der Waals surface area contributed by atoms with E-state index < -0.39 is 0 Å². The first-order valence-electron chi connectivity index (χ1n) is 5.91. The van der Waals surface area contributed by atoms with Crippen molar-refractivity contribution >= 4 is 12.1 Å². The Morgan fingerprint density at radius 3 is 2.53 bits per heavy atom. The summed E-state index contributed by atoms with van der Waals surface area (Å²) in [5.74, 6) is 0.933. The molecule has 1 aliphatic rings. The zero-order chi connectivity index (χ0) is 13.3. The molecule has 6 nitrogen and oxygen atoms in total. The summed E-state index contributed by atoms with van der Waals surface area (Å²) in [6, 6.07) is 0.0570. The molecule has 1 unspecified atom stereocenters. The Kier molecular flexibility index (Phi) is 7.69. The smallest absolute Gasteiger partial charge is 0.116 e. The first kappa shape index (κ1) is 16.0. The van der Waals surface area contributed by atoms with Crippen LogP contribution in [0.1, 0.15) is 20.8 Å². The maximum Gasteiger partial charge on any atom is 0.116 e. The van der Waals surface area contributed by atoms with E-state index in [1.807, 2.05) is 20.8 Å². The fourth-order valence-electron chi connectivity index (χ4n) is 1.14. The number of nitrogens with two attached hydrogens (primary N) is 3. The Bertz CT molecular complexity index is 251. The topological polar surface area (TPSA) is 115 Å². The van der Waals surface area contributed by atoms with Gasteiger partial charge >= 0.3 is 0 Å². The molecule has 1 aliphatic heterocycles. The summed E-state index contributed by atoms with van der Waals surface area (Å²) in [5.41, 5.74) is 16.0. The molecule has 1 rings (SSSR count). The highest BCUT2D eigenvalue weighted by Crippen LogP contribution is 2.01. The van der Waals surface area contributed by atoms with Gasteiger partial charge in [0.2, 0.25) is 0 Å². The summed E-state index contributed by atoms with van der Waals surface area (Å²) in [6.45, 7) is 8.87. The molecule has 0 saturated heterocycles. The third-order valence-corrected chi connectivity index (χ3v) is 1.88. The molecule has 0 saturated carbocycles. The van der Waals surface area contributed by atoms with E-state index in [4.69, 9.17) is 17.2 Å². The molecule has 0 aromatic carbocycles. The molecule has 0 bridgehead atoms. The third-order valence-electron chi connectivity index (χ3n) is 1.88. The predicted molar refractivity (Wildman–Crippen MR) is 74.6 cm³/mol. The minimum Gasteiger partial charge on any atom is -0.370 e. The van der Waals surface area contributed by atoms with Gasteiger partial charge in [-0.3, -0.25) is 9.98 Å². The van der Waals surface area contributed by atoms with E-state index in [1.165, 1.54) is 0 Å². The van der Waals surface area contributed by atoms with Crippen molar-refractivity contribution in [3.63, 3.8) is 0 Å². The van der Waals surface area contributed by atoms with Gasteiger partial charge in [-0.1, -0.05) is 0 Å². The van der Waals surface area contributed by atoms with Gasteiger partial charge in [-0.15, -0.1) is 0 Å². The lowest BCUT2D eigenvalue weighted by molar-refractivity contribution is 0.678. The maximum atomic E-state index is 5.75. The maximum absolute atomic E-state index is 5.75.